The first-order chi connectivity index (χ1) is 14.5. The number of hydrogen-bond donors (Lipinski definition) is 1. The first-order valence-electron chi connectivity index (χ1n) is 9.27. The highest BCUT2D eigenvalue weighted by atomic mass is 16.5. The predicted octanol–water partition coefficient (Wildman–Crippen LogP) is 4.05. The zero-order valence-corrected chi connectivity index (χ0v) is 17.2. The van der Waals surface area contributed by atoms with E-state index in [2.05, 4.69) is 5.32 Å². The van der Waals surface area contributed by atoms with Crippen molar-refractivity contribution in [3.63, 3.8) is 0 Å². The highest BCUT2D eigenvalue weighted by molar-refractivity contribution is 5.99. The maximum Gasteiger partial charge on any atom is 0.339 e. The van der Waals surface area contributed by atoms with Gasteiger partial charge in [-0.05, 0) is 42.0 Å². The predicted molar refractivity (Wildman–Crippen MR) is 114 cm³/mol. The number of nitrogens with one attached hydrogen (secondary N) is 1. The number of hydrogen-bond acceptors (Lipinski definition) is 6. The number of carbonyl (C=O) groups excluding carboxylic acids is 2. The zero-order chi connectivity index (χ0) is 21.7. The third-order valence-corrected chi connectivity index (χ3v) is 4.57. The fraction of sp³-hybridized carbons (Fsp3) is 0.217. The molecule has 30 heavy (non-hydrogen) atoms. The first kappa shape index (κ1) is 21.0. The van der Waals surface area contributed by atoms with Crippen LogP contribution in [-0.2, 0) is 9.53 Å². The van der Waals surface area contributed by atoms with Crippen LogP contribution < -0.4 is 19.5 Å². The summed E-state index contributed by atoms with van der Waals surface area (Å²) in [6.45, 7) is 1.51. The van der Waals surface area contributed by atoms with Crippen LogP contribution in [0.2, 0.25) is 0 Å². The molecule has 0 spiro atoms. The van der Waals surface area contributed by atoms with Gasteiger partial charge in [-0.15, -0.1) is 0 Å². The van der Waals surface area contributed by atoms with Gasteiger partial charge in [0.15, 0.2) is 17.6 Å². The second-order valence-corrected chi connectivity index (χ2v) is 6.51. The van der Waals surface area contributed by atoms with Crippen molar-refractivity contribution in [2.45, 2.75) is 13.0 Å². The van der Waals surface area contributed by atoms with Crippen LogP contribution in [0.5, 0.6) is 17.2 Å². The van der Waals surface area contributed by atoms with Crippen LogP contribution in [0.15, 0.2) is 54.6 Å². The van der Waals surface area contributed by atoms with Crippen LogP contribution in [0.25, 0.3) is 10.8 Å². The van der Waals surface area contributed by atoms with Gasteiger partial charge in [0, 0.05) is 5.69 Å². The van der Waals surface area contributed by atoms with E-state index in [0.29, 0.717) is 22.9 Å². The number of carbonyl (C=O) groups is 2. The smallest absolute Gasteiger partial charge is 0.339 e. The lowest BCUT2D eigenvalue weighted by Gasteiger charge is -2.16. The van der Waals surface area contributed by atoms with E-state index >= 15 is 0 Å². The fourth-order valence-electron chi connectivity index (χ4n) is 2.99. The van der Waals surface area contributed by atoms with Crippen LogP contribution in [0.4, 0.5) is 5.69 Å². The molecule has 0 saturated carbocycles. The lowest BCUT2D eigenvalue weighted by atomic mass is 10.1. The summed E-state index contributed by atoms with van der Waals surface area (Å²) < 4.78 is 21.1. The second kappa shape index (κ2) is 9.17. The molecule has 1 amide bonds. The molecule has 1 N–H and O–H groups in total. The molecule has 3 aromatic carbocycles. The van der Waals surface area contributed by atoms with E-state index in [9.17, 15) is 9.59 Å². The average Bonchev–Trinajstić information content (AvgIpc) is 2.77. The first-order valence-corrected chi connectivity index (χ1v) is 9.27. The van der Waals surface area contributed by atoms with Crippen molar-refractivity contribution in [3.8, 4) is 17.2 Å². The van der Waals surface area contributed by atoms with Crippen LogP contribution in [-0.4, -0.2) is 39.3 Å². The Hall–Kier alpha value is -3.74. The van der Waals surface area contributed by atoms with E-state index in [1.807, 2.05) is 36.4 Å². The van der Waals surface area contributed by atoms with Crippen molar-refractivity contribution in [1.82, 2.24) is 0 Å². The van der Waals surface area contributed by atoms with E-state index in [4.69, 9.17) is 18.9 Å². The van der Waals surface area contributed by atoms with Crippen LogP contribution in [0, 0.1) is 0 Å². The molecule has 0 radical (unpaired) electrons. The summed E-state index contributed by atoms with van der Waals surface area (Å²) >= 11 is 0. The molecule has 0 bridgehead atoms. The van der Waals surface area contributed by atoms with Gasteiger partial charge in [0.1, 0.15) is 0 Å². The van der Waals surface area contributed by atoms with Crippen molar-refractivity contribution < 1.29 is 28.5 Å². The van der Waals surface area contributed by atoms with Crippen LogP contribution in [0.3, 0.4) is 0 Å². The molecule has 0 aliphatic rings. The average molecular weight is 409 g/mol. The topological polar surface area (TPSA) is 83.1 Å². The summed E-state index contributed by atoms with van der Waals surface area (Å²) in [4.78, 5) is 25.1. The zero-order valence-electron chi connectivity index (χ0n) is 17.2. The molecule has 156 valence electrons. The summed E-state index contributed by atoms with van der Waals surface area (Å²) in [6.07, 6.45) is -1.01. The summed E-state index contributed by atoms with van der Waals surface area (Å²) in [5.41, 5.74) is 0.796. The number of esters is 1. The Kier molecular flexibility index (Phi) is 6.41. The fourth-order valence-corrected chi connectivity index (χ4v) is 2.99. The Morgan fingerprint density at radius 1 is 0.833 bits per heavy atom. The molecular weight excluding hydrogens is 386 g/mol. The van der Waals surface area contributed by atoms with E-state index in [0.717, 1.165) is 10.8 Å². The minimum atomic E-state index is -1.01. The maximum atomic E-state index is 12.6. The Bertz CT molecular complexity index is 1050. The molecule has 0 saturated heterocycles. The number of anilines is 1. The number of ether oxygens (including phenoxy) is 4. The number of benzene rings is 3. The summed E-state index contributed by atoms with van der Waals surface area (Å²) in [5.74, 6) is -0.130. The lowest BCUT2D eigenvalue weighted by molar-refractivity contribution is -0.123. The highest BCUT2D eigenvalue weighted by Gasteiger charge is 2.22. The third kappa shape index (κ3) is 4.46. The van der Waals surface area contributed by atoms with Gasteiger partial charge in [-0.3, -0.25) is 4.79 Å². The maximum absolute atomic E-state index is 12.6. The minimum Gasteiger partial charge on any atom is -0.493 e. The molecule has 0 fully saturated rings. The van der Waals surface area contributed by atoms with Crippen molar-refractivity contribution in [2.24, 2.45) is 0 Å². The van der Waals surface area contributed by atoms with Gasteiger partial charge >= 0.3 is 5.97 Å². The largest absolute Gasteiger partial charge is 0.493 e. The number of methoxy groups -OCH3 is 3. The van der Waals surface area contributed by atoms with Gasteiger partial charge in [-0.1, -0.05) is 30.3 Å². The quantitative estimate of drug-likeness (QED) is 0.593. The standard InChI is InChI=1S/C23H23NO6/c1-14(22(25)24-18-10-9-15-7-5-6-8-16(15)11-18)30-23(26)17-12-19(27-2)21(29-4)20(13-17)28-3/h5-14H,1-4H3,(H,24,25)/t14-/m1/s1. The molecular formula is C23H23NO6. The molecule has 3 aromatic rings. The van der Waals surface area contributed by atoms with E-state index in [-0.39, 0.29) is 5.56 Å². The SMILES string of the molecule is COc1cc(C(=O)O[C@H](C)C(=O)Nc2ccc3ccccc3c2)cc(OC)c1OC. The number of fused-ring (bicyclic) bond motifs is 1. The molecule has 7 heteroatoms. The highest BCUT2D eigenvalue weighted by Crippen LogP contribution is 2.38. The van der Waals surface area contributed by atoms with E-state index in [1.165, 1.54) is 40.4 Å². The van der Waals surface area contributed by atoms with Crippen molar-refractivity contribution in [1.29, 1.82) is 0 Å². The molecule has 0 unspecified atom stereocenters. The Morgan fingerprint density at radius 3 is 2.07 bits per heavy atom. The normalized spacial score (nSPS) is 11.5. The van der Waals surface area contributed by atoms with Crippen LogP contribution in [0.1, 0.15) is 17.3 Å². The van der Waals surface area contributed by atoms with Gasteiger partial charge in [0.25, 0.3) is 5.91 Å². The molecule has 0 aliphatic carbocycles. The number of rotatable bonds is 7. The van der Waals surface area contributed by atoms with Gasteiger partial charge < -0.3 is 24.3 Å². The third-order valence-electron chi connectivity index (χ3n) is 4.57. The van der Waals surface area contributed by atoms with Crippen LogP contribution >= 0.6 is 0 Å². The summed E-state index contributed by atoms with van der Waals surface area (Å²) in [7, 11) is 4.37. The molecule has 0 heterocycles. The van der Waals surface area contributed by atoms with Gasteiger partial charge in [-0.2, -0.15) is 0 Å². The summed E-state index contributed by atoms with van der Waals surface area (Å²) in [5, 5.41) is 4.83. The molecule has 7 nitrogen and oxygen atoms in total. The number of amides is 1. The van der Waals surface area contributed by atoms with Gasteiger partial charge in [-0.25, -0.2) is 4.79 Å². The molecule has 0 aromatic heterocycles. The monoisotopic (exact) mass is 409 g/mol. The molecule has 1 atom stereocenters. The molecule has 3 rings (SSSR count). The van der Waals surface area contributed by atoms with Crippen molar-refractivity contribution in [2.75, 3.05) is 26.6 Å². The second-order valence-electron chi connectivity index (χ2n) is 6.51. The summed E-state index contributed by atoms with van der Waals surface area (Å²) in [6, 6.07) is 16.3. The van der Waals surface area contributed by atoms with E-state index in [1.54, 1.807) is 6.07 Å². The van der Waals surface area contributed by atoms with E-state index < -0.39 is 18.0 Å². The lowest BCUT2D eigenvalue weighted by Crippen LogP contribution is -2.30. The van der Waals surface area contributed by atoms with Crippen molar-refractivity contribution in [3.05, 3.63) is 60.2 Å². The molecule has 0 aliphatic heterocycles. The Labute approximate surface area is 174 Å². The minimum absolute atomic E-state index is 0.176. The van der Waals surface area contributed by atoms with Gasteiger partial charge in [0.05, 0.1) is 26.9 Å². The Morgan fingerprint density at radius 2 is 1.47 bits per heavy atom. The van der Waals surface area contributed by atoms with Gasteiger partial charge in [0.2, 0.25) is 5.75 Å². The Balaban J connectivity index is 1.72. The van der Waals surface area contributed by atoms with Crippen molar-refractivity contribution >= 4 is 28.3 Å².